The van der Waals surface area contributed by atoms with Crippen molar-refractivity contribution in [3.63, 3.8) is 0 Å². The van der Waals surface area contributed by atoms with E-state index in [0.717, 1.165) is 11.4 Å². The second-order valence-electron chi connectivity index (χ2n) is 3.62. The first-order chi connectivity index (χ1) is 7.09. The Kier molecular flexibility index (Phi) is 5.29. The van der Waals surface area contributed by atoms with E-state index in [-0.39, 0.29) is 0 Å². The summed E-state index contributed by atoms with van der Waals surface area (Å²) in [6.07, 6.45) is 0. The fourth-order valence-corrected chi connectivity index (χ4v) is 2.45. The van der Waals surface area contributed by atoms with Gasteiger partial charge in [0.1, 0.15) is 0 Å². The van der Waals surface area contributed by atoms with Gasteiger partial charge in [0.2, 0.25) is 0 Å². The Hall–Kier alpha value is -0.380. The predicted octanol–water partition coefficient (Wildman–Crippen LogP) is 2.45. The van der Waals surface area contributed by atoms with Crippen molar-refractivity contribution in [2.24, 2.45) is 0 Å². The van der Waals surface area contributed by atoms with E-state index in [4.69, 9.17) is 11.6 Å². The summed E-state index contributed by atoms with van der Waals surface area (Å²) in [6, 6.07) is 7.64. The van der Waals surface area contributed by atoms with Crippen molar-refractivity contribution >= 4 is 22.4 Å². The van der Waals surface area contributed by atoms with Gasteiger partial charge in [-0.1, -0.05) is 31.5 Å². The number of hydrogen-bond donors (Lipinski definition) is 1. The van der Waals surface area contributed by atoms with Gasteiger partial charge < -0.3 is 5.32 Å². The van der Waals surface area contributed by atoms with Gasteiger partial charge in [0, 0.05) is 28.3 Å². The molecular weight excluding hydrogens is 230 g/mol. The summed E-state index contributed by atoms with van der Waals surface area (Å²) in [6.45, 7) is 4.90. The fraction of sp³-hybridized carbons (Fsp3) is 0.455. The molecule has 1 aromatic carbocycles. The summed E-state index contributed by atoms with van der Waals surface area (Å²) in [7, 11) is -0.957. The molecule has 4 heteroatoms. The molecular formula is C11H16ClNOS. The molecule has 0 spiro atoms. The van der Waals surface area contributed by atoms with E-state index >= 15 is 0 Å². The molecule has 0 aliphatic rings. The van der Waals surface area contributed by atoms with Crippen LogP contribution < -0.4 is 5.32 Å². The second-order valence-corrected chi connectivity index (χ2v) is 5.62. The van der Waals surface area contributed by atoms with E-state index in [1.54, 1.807) is 12.1 Å². The van der Waals surface area contributed by atoms with Crippen molar-refractivity contribution in [2.75, 3.05) is 12.3 Å². The first kappa shape index (κ1) is 12.7. The number of hydrogen-bond acceptors (Lipinski definition) is 2. The van der Waals surface area contributed by atoms with Crippen LogP contribution in [0.4, 0.5) is 0 Å². The zero-order valence-electron chi connectivity index (χ0n) is 9.00. The lowest BCUT2D eigenvalue weighted by Crippen LogP contribution is -2.27. The van der Waals surface area contributed by atoms with Crippen LogP contribution in [0.2, 0.25) is 5.02 Å². The highest BCUT2D eigenvalue weighted by Gasteiger charge is 2.04. The molecule has 1 unspecified atom stereocenters. The summed E-state index contributed by atoms with van der Waals surface area (Å²) in [5.41, 5.74) is 0. The fourth-order valence-electron chi connectivity index (χ4n) is 1.17. The number of benzene rings is 1. The number of nitrogens with one attached hydrogen (secondary N) is 1. The minimum absolute atomic E-state index is 0.432. The zero-order chi connectivity index (χ0) is 11.3. The second kappa shape index (κ2) is 6.26. The first-order valence-corrected chi connectivity index (χ1v) is 6.66. The smallest absolute Gasteiger partial charge is 0.0542 e. The average Bonchev–Trinajstić information content (AvgIpc) is 2.17. The van der Waals surface area contributed by atoms with Crippen molar-refractivity contribution in [2.45, 2.75) is 24.8 Å². The Bertz CT molecular complexity index is 341. The summed E-state index contributed by atoms with van der Waals surface area (Å²) in [5, 5.41) is 3.87. The molecule has 0 amide bonds. The van der Waals surface area contributed by atoms with Gasteiger partial charge >= 0.3 is 0 Å². The third kappa shape index (κ3) is 4.78. The van der Waals surface area contributed by atoms with Crippen LogP contribution in [0.25, 0.3) is 0 Å². The van der Waals surface area contributed by atoms with Gasteiger partial charge in [-0.15, -0.1) is 0 Å². The lowest BCUT2D eigenvalue weighted by molar-refractivity contribution is 0.610. The van der Waals surface area contributed by atoms with Crippen molar-refractivity contribution in [3.8, 4) is 0 Å². The lowest BCUT2D eigenvalue weighted by Gasteiger charge is -2.07. The highest BCUT2D eigenvalue weighted by atomic mass is 35.5. The van der Waals surface area contributed by atoms with E-state index in [1.165, 1.54) is 0 Å². The molecule has 2 nitrogen and oxygen atoms in total. The van der Waals surface area contributed by atoms with Gasteiger partial charge in [0.15, 0.2) is 0 Å². The molecule has 1 rings (SSSR count). The maximum Gasteiger partial charge on any atom is 0.0542 e. The maximum absolute atomic E-state index is 11.8. The molecule has 0 aliphatic carbocycles. The summed E-state index contributed by atoms with van der Waals surface area (Å²) < 4.78 is 11.8. The van der Waals surface area contributed by atoms with E-state index in [0.29, 0.717) is 16.8 Å². The van der Waals surface area contributed by atoms with Gasteiger partial charge in [0.05, 0.1) is 10.8 Å². The Morgan fingerprint density at radius 3 is 2.80 bits per heavy atom. The van der Waals surface area contributed by atoms with Crippen molar-refractivity contribution < 1.29 is 4.21 Å². The van der Waals surface area contributed by atoms with E-state index in [9.17, 15) is 4.21 Å². The molecule has 0 saturated heterocycles. The van der Waals surface area contributed by atoms with Gasteiger partial charge in [-0.3, -0.25) is 4.21 Å². The highest BCUT2D eigenvalue weighted by Crippen LogP contribution is 2.13. The van der Waals surface area contributed by atoms with Crippen molar-refractivity contribution in [1.82, 2.24) is 5.32 Å². The van der Waals surface area contributed by atoms with Crippen molar-refractivity contribution in [3.05, 3.63) is 29.3 Å². The SMILES string of the molecule is CC(C)NCCS(=O)c1cccc(Cl)c1. The van der Waals surface area contributed by atoms with Crippen molar-refractivity contribution in [1.29, 1.82) is 0 Å². The van der Waals surface area contributed by atoms with Crippen LogP contribution in [0.5, 0.6) is 0 Å². The molecule has 0 fully saturated rings. The molecule has 1 atom stereocenters. The molecule has 1 aromatic rings. The minimum Gasteiger partial charge on any atom is -0.314 e. The molecule has 0 aromatic heterocycles. The van der Waals surface area contributed by atoms with E-state index < -0.39 is 10.8 Å². The Labute approximate surface area is 98.5 Å². The Morgan fingerprint density at radius 1 is 1.47 bits per heavy atom. The molecule has 0 aliphatic heterocycles. The zero-order valence-corrected chi connectivity index (χ0v) is 10.6. The van der Waals surface area contributed by atoms with Gasteiger partial charge in [-0.05, 0) is 18.2 Å². The van der Waals surface area contributed by atoms with Gasteiger partial charge in [0.25, 0.3) is 0 Å². The van der Waals surface area contributed by atoms with E-state index in [2.05, 4.69) is 19.2 Å². The monoisotopic (exact) mass is 245 g/mol. The third-order valence-electron chi connectivity index (χ3n) is 1.90. The molecule has 84 valence electrons. The number of rotatable bonds is 5. The first-order valence-electron chi connectivity index (χ1n) is 4.97. The average molecular weight is 246 g/mol. The summed E-state index contributed by atoms with van der Waals surface area (Å²) in [4.78, 5) is 0.799. The normalized spacial score (nSPS) is 13.1. The quantitative estimate of drug-likeness (QED) is 0.864. The molecule has 0 bridgehead atoms. The predicted molar refractivity (Wildman–Crippen MR) is 65.9 cm³/mol. The van der Waals surface area contributed by atoms with Crippen LogP contribution in [0.1, 0.15) is 13.8 Å². The van der Waals surface area contributed by atoms with Gasteiger partial charge in [-0.2, -0.15) is 0 Å². The van der Waals surface area contributed by atoms with E-state index in [1.807, 2.05) is 12.1 Å². The van der Waals surface area contributed by atoms with Crippen LogP contribution in [0, 0.1) is 0 Å². The summed E-state index contributed by atoms with van der Waals surface area (Å²) >= 11 is 5.82. The van der Waals surface area contributed by atoms with Crippen LogP contribution in [0.15, 0.2) is 29.2 Å². The third-order valence-corrected chi connectivity index (χ3v) is 3.49. The topological polar surface area (TPSA) is 29.1 Å². The number of halogens is 1. The maximum atomic E-state index is 11.8. The highest BCUT2D eigenvalue weighted by molar-refractivity contribution is 7.85. The molecule has 0 radical (unpaired) electrons. The molecule has 1 N–H and O–H groups in total. The van der Waals surface area contributed by atoms with Crippen LogP contribution in [0.3, 0.4) is 0 Å². The Balaban J connectivity index is 2.47. The largest absolute Gasteiger partial charge is 0.314 e. The van der Waals surface area contributed by atoms with Crippen LogP contribution in [-0.2, 0) is 10.8 Å². The lowest BCUT2D eigenvalue weighted by atomic mass is 10.4. The minimum atomic E-state index is -0.957. The summed E-state index contributed by atoms with van der Waals surface area (Å²) in [5.74, 6) is 0.624. The Morgan fingerprint density at radius 2 is 2.20 bits per heavy atom. The molecule has 0 heterocycles. The van der Waals surface area contributed by atoms with Gasteiger partial charge in [-0.25, -0.2) is 0 Å². The standard InChI is InChI=1S/C11H16ClNOS/c1-9(2)13-6-7-15(14)11-5-3-4-10(12)8-11/h3-5,8-9,13H,6-7H2,1-2H3. The van der Waals surface area contributed by atoms with Crippen LogP contribution in [-0.4, -0.2) is 22.5 Å². The molecule has 15 heavy (non-hydrogen) atoms. The van der Waals surface area contributed by atoms with Crippen LogP contribution >= 0.6 is 11.6 Å². The molecule has 0 saturated carbocycles.